The van der Waals surface area contributed by atoms with E-state index in [-0.39, 0.29) is 41.8 Å². The zero-order chi connectivity index (χ0) is 23.3. The summed E-state index contributed by atoms with van der Waals surface area (Å²) < 4.78 is 27.4. The lowest BCUT2D eigenvalue weighted by atomic mass is 9.89. The summed E-state index contributed by atoms with van der Waals surface area (Å²) in [4.78, 5) is 26.4. The van der Waals surface area contributed by atoms with Crippen molar-refractivity contribution in [2.45, 2.75) is 50.1 Å². The number of sulfonamides is 1. The number of amides is 2. The molecule has 1 saturated heterocycles. The molecule has 1 aliphatic rings. The molecule has 1 aromatic carbocycles. The number of hydrogen-bond acceptors (Lipinski definition) is 5. The summed E-state index contributed by atoms with van der Waals surface area (Å²) in [6, 6.07) is 8.85. The van der Waals surface area contributed by atoms with Gasteiger partial charge >= 0.3 is 0 Å². The average molecular weight is 498 g/mol. The predicted molar refractivity (Wildman–Crippen MR) is 126 cm³/mol. The smallest absolute Gasteiger partial charge is 0.262 e. The summed E-state index contributed by atoms with van der Waals surface area (Å²) in [5.41, 5.74) is 0. The highest BCUT2D eigenvalue weighted by Gasteiger charge is 2.36. The largest absolute Gasteiger partial charge is 0.352 e. The molecule has 2 atom stereocenters. The Morgan fingerprint density at radius 3 is 2.38 bits per heavy atom. The molecule has 32 heavy (non-hydrogen) atoms. The molecule has 0 spiro atoms. The van der Waals surface area contributed by atoms with Gasteiger partial charge in [-0.2, -0.15) is 4.31 Å². The fourth-order valence-electron chi connectivity index (χ4n) is 3.66. The molecule has 0 bridgehead atoms. The van der Waals surface area contributed by atoms with Gasteiger partial charge in [0.15, 0.2) is 0 Å². The fourth-order valence-corrected chi connectivity index (χ4v) is 5.88. The van der Waals surface area contributed by atoms with Crippen molar-refractivity contribution < 1.29 is 18.0 Å². The van der Waals surface area contributed by atoms with Crippen LogP contribution < -0.4 is 10.6 Å². The second-order valence-electron chi connectivity index (χ2n) is 7.94. The van der Waals surface area contributed by atoms with Crippen molar-refractivity contribution in [1.29, 1.82) is 0 Å². The van der Waals surface area contributed by atoms with Crippen LogP contribution in [0.2, 0.25) is 5.02 Å². The summed E-state index contributed by atoms with van der Waals surface area (Å²) in [5, 5.41) is 8.12. The first kappa shape index (κ1) is 24.7. The molecule has 7 nitrogen and oxygen atoms in total. The third-order valence-electron chi connectivity index (χ3n) is 5.74. The van der Waals surface area contributed by atoms with Gasteiger partial charge in [0.05, 0.1) is 9.77 Å². The predicted octanol–water partition coefficient (Wildman–Crippen LogP) is 3.52. The van der Waals surface area contributed by atoms with Crippen LogP contribution >= 0.6 is 22.9 Å². The van der Waals surface area contributed by atoms with E-state index in [4.69, 9.17) is 11.6 Å². The second kappa shape index (κ2) is 10.8. The Balaban J connectivity index is 1.71. The molecule has 0 saturated carbocycles. The molecule has 2 amide bonds. The van der Waals surface area contributed by atoms with Gasteiger partial charge in [-0.3, -0.25) is 9.59 Å². The Morgan fingerprint density at radius 2 is 1.81 bits per heavy atom. The van der Waals surface area contributed by atoms with E-state index in [0.717, 1.165) is 6.42 Å². The van der Waals surface area contributed by atoms with Crippen molar-refractivity contribution in [3.8, 4) is 0 Å². The first-order chi connectivity index (χ1) is 15.2. The molecular formula is C22H28ClN3O4S2. The summed E-state index contributed by atoms with van der Waals surface area (Å²) in [5.74, 6) is -0.691. The Labute approximate surface area is 198 Å². The van der Waals surface area contributed by atoms with Gasteiger partial charge in [0.1, 0.15) is 6.04 Å². The maximum absolute atomic E-state index is 13.0. The Bertz CT molecular complexity index is 1020. The van der Waals surface area contributed by atoms with E-state index in [2.05, 4.69) is 10.6 Å². The van der Waals surface area contributed by atoms with Crippen LogP contribution in [0.25, 0.3) is 0 Å². The van der Waals surface area contributed by atoms with Crippen LogP contribution in [-0.2, 0) is 14.8 Å². The van der Waals surface area contributed by atoms with E-state index in [1.54, 1.807) is 24.3 Å². The van der Waals surface area contributed by atoms with Crippen LogP contribution in [0, 0.1) is 5.92 Å². The molecule has 2 N–H and O–H groups in total. The van der Waals surface area contributed by atoms with E-state index in [9.17, 15) is 18.0 Å². The second-order valence-corrected chi connectivity index (χ2v) is 11.3. The number of rotatable bonds is 8. The van der Waals surface area contributed by atoms with Crippen molar-refractivity contribution in [2.24, 2.45) is 5.92 Å². The van der Waals surface area contributed by atoms with E-state index in [1.165, 1.54) is 27.8 Å². The van der Waals surface area contributed by atoms with Gasteiger partial charge in [0, 0.05) is 24.2 Å². The lowest BCUT2D eigenvalue weighted by Gasteiger charge is -2.35. The summed E-state index contributed by atoms with van der Waals surface area (Å²) in [6.45, 7) is 4.44. The molecule has 2 aromatic rings. The van der Waals surface area contributed by atoms with Gasteiger partial charge in [-0.25, -0.2) is 8.42 Å². The van der Waals surface area contributed by atoms with Gasteiger partial charge in [-0.05, 0) is 67.8 Å². The molecule has 1 fully saturated rings. The van der Waals surface area contributed by atoms with Gasteiger partial charge in [0.25, 0.3) is 5.91 Å². The van der Waals surface area contributed by atoms with Crippen molar-refractivity contribution in [3.05, 3.63) is 51.7 Å². The number of halogens is 1. The summed E-state index contributed by atoms with van der Waals surface area (Å²) >= 11 is 7.19. The third-order valence-corrected chi connectivity index (χ3v) is 8.77. The number of benzene rings is 1. The lowest BCUT2D eigenvalue weighted by Crippen LogP contribution is -2.55. The van der Waals surface area contributed by atoms with E-state index in [1.807, 2.05) is 19.2 Å². The highest BCUT2D eigenvalue weighted by Crippen LogP contribution is 2.27. The molecule has 1 aromatic heterocycles. The van der Waals surface area contributed by atoms with E-state index >= 15 is 0 Å². The van der Waals surface area contributed by atoms with Gasteiger partial charge in [0.2, 0.25) is 15.9 Å². The van der Waals surface area contributed by atoms with E-state index < -0.39 is 16.1 Å². The highest BCUT2D eigenvalue weighted by atomic mass is 35.5. The minimum atomic E-state index is -3.64. The molecule has 0 aliphatic carbocycles. The minimum absolute atomic E-state index is 0.0194. The molecule has 0 unspecified atom stereocenters. The van der Waals surface area contributed by atoms with Crippen LogP contribution in [0.5, 0.6) is 0 Å². The van der Waals surface area contributed by atoms with Crippen LogP contribution in [0.4, 0.5) is 0 Å². The molecule has 10 heteroatoms. The van der Waals surface area contributed by atoms with Crippen LogP contribution in [0.3, 0.4) is 0 Å². The molecular weight excluding hydrogens is 470 g/mol. The van der Waals surface area contributed by atoms with Crippen LogP contribution in [-0.4, -0.2) is 49.7 Å². The lowest BCUT2D eigenvalue weighted by molar-refractivity contribution is -0.125. The van der Waals surface area contributed by atoms with Gasteiger partial charge in [-0.15, -0.1) is 11.3 Å². The maximum Gasteiger partial charge on any atom is 0.262 e. The maximum atomic E-state index is 13.0. The SMILES string of the molecule is CC[C@@H](C)NC(=O)[C@H](NC(=O)c1cccs1)C1CCN(S(=O)(=O)c2ccc(Cl)cc2)CC1. The quantitative estimate of drug-likeness (QED) is 0.583. The number of piperidine rings is 1. The number of carbonyl (C=O) groups is 2. The Morgan fingerprint density at radius 1 is 1.16 bits per heavy atom. The third kappa shape index (κ3) is 5.89. The fraction of sp³-hybridized carbons (Fsp3) is 0.455. The number of nitrogens with zero attached hydrogens (tertiary/aromatic N) is 1. The van der Waals surface area contributed by atoms with Crippen LogP contribution in [0.15, 0.2) is 46.7 Å². The highest BCUT2D eigenvalue weighted by molar-refractivity contribution is 7.89. The topological polar surface area (TPSA) is 95.6 Å². The number of carbonyl (C=O) groups excluding carboxylic acids is 2. The molecule has 1 aliphatic heterocycles. The number of hydrogen-bond donors (Lipinski definition) is 2. The molecule has 174 valence electrons. The zero-order valence-corrected chi connectivity index (χ0v) is 20.5. The average Bonchev–Trinajstić information content (AvgIpc) is 3.32. The molecule has 3 rings (SSSR count). The molecule has 2 heterocycles. The van der Waals surface area contributed by atoms with Crippen molar-refractivity contribution in [3.63, 3.8) is 0 Å². The molecule has 0 radical (unpaired) electrons. The minimum Gasteiger partial charge on any atom is -0.352 e. The number of nitrogens with one attached hydrogen (secondary N) is 2. The van der Waals surface area contributed by atoms with Crippen molar-refractivity contribution in [1.82, 2.24) is 14.9 Å². The van der Waals surface area contributed by atoms with Gasteiger partial charge < -0.3 is 10.6 Å². The monoisotopic (exact) mass is 497 g/mol. The van der Waals surface area contributed by atoms with E-state index in [0.29, 0.717) is 22.7 Å². The zero-order valence-electron chi connectivity index (χ0n) is 18.1. The Kier molecular flexibility index (Phi) is 8.32. The standard InChI is InChI=1S/C22H28ClN3O4S2/c1-3-15(2)24-22(28)20(25-21(27)19-5-4-14-31-19)16-10-12-26(13-11-16)32(29,30)18-8-6-17(23)7-9-18/h4-9,14-16,20H,3,10-13H2,1-2H3,(H,24,28)(H,25,27)/t15-,20-/m1/s1. The first-order valence-corrected chi connectivity index (χ1v) is 13.3. The summed E-state index contributed by atoms with van der Waals surface area (Å²) in [7, 11) is -3.64. The van der Waals surface area contributed by atoms with Crippen molar-refractivity contribution in [2.75, 3.05) is 13.1 Å². The van der Waals surface area contributed by atoms with Gasteiger partial charge in [-0.1, -0.05) is 24.6 Å². The van der Waals surface area contributed by atoms with Crippen molar-refractivity contribution >= 4 is 44.8 Å². The first-order valence-electron chi connectivity index (χ1n) is 10.6. The number of thiophene rings is 1. The summed E-state index contributed by atoms with van der Waals surface area (Å²) in [6.07, 6.45) is 1.71. The normalized spacial score (nSPS) is 17.5. The Hall–Kier alpha value is -1.94. The van der Waals surface area contributed by atoms with Crippen LogP contribution in [0.1, 0.15) is 42.8 Å².